The van der Waals surface area contributed by atoms with Crippen LogP contribution in [0.1, 0.15) is 83.6 Å². The Morgan fingerprint density at radius 2 is 1.44 bits per heavy atom. The normalized spacial score (nSPS) is 13.0. The standard InChI is InChI=1S/C26H41F3O5PS/c1-3-5-6-7-8-9-10-11-12-13-21-36(31,32)22-20-33-24-17-14-23(15-18-24)16-19-25(26(27,28)29)34-35(30)4-2/h14-15,17-19H,3-13,16,20-22H2,1-2H3/q+1. The van der Waals surface area contributed by atoms with Crippen molar-refractivity contribution in [1.82, 2.24) is 0 Å². The summed E-state index contributed by atoms with van der Waals surface area (Å²) in [6.07, 6.45) is 7.50. The summed E-state index contributed by atoms with van der Waals surface area (Å²) < 4.78 is 84.9. The summed E-state index contributed by atoms with van der Waals surface area (Å²) in [5.41, 5.74) is 0.577. The average Bonchev–Trinajstić information content (AvgIpc) is 2.82. The number of unbranched alkanes of at least 4 members (excludes halogenated alkanes) is 9. The molecule has 0 amide bonds. The second-order valence-corrected chi connectivity index (χ2v) is 12.6. The number of allylic oxidation sites excluding steroid dienone is 2. The van der Waals surface area contributed by atoms with Crippen LogP contribution in [0.3, 0.4) is 0 Å². The Hall–Kier alpha value is -1.60. The molecule has 0 N–H and O–H groups in total. The Morgan fingerprint density at radius 3 is 1.97 bits per heavy atom. The van der Waals surface area contributed by atoms with Crippen LogP contribution in [0, 0.1) is 0 Å². The van der Waals surface area contributed by atoms with Gasteiger partial charge in [0.1, 0.15) is 12.4 Å². The van der Waals surface area contributed by atoms with Crippen LogP contribution in [0.5, 0.6) is 5.75 Å². The highest BCUT2D eigenvalue weighted by Crippen LogP contribution is 2.35. The van der Waals surface area contributed by atoms with Crippen LogP contribution < -0.4 is 4.74 Å². The molecule has 0 fully saturated rings. The van der Waals surface area contributed by atoms with Crippen molar-refractivity contribution in [3.63, 3.8) is 0 Å². The first-order valence-corrected chi connectivity index (χ1v) is 16.1. The van der Waals surface area contributed by atoms with Crippen LogP contribution in [0.15, 0.2) is 36.1 Å². The molecule has 206 valence electrons. The van der Waals surface area contributed by atoms with Gasteiger partial charge in [-0.05, 0) is 48.1 Å². The zero-order valence-corrected chi connectivity index (χ0v) is 23.2. The molecule has 36 heavy (non-hydrogen) atoms. The van der Waals surface area contributed by atoms with E-state index in [1.54, 1.807) is 24.3 Å². The molecule has 1 aromatic carbocycles. The SMILES string of the molecule is CCCCCCCCCCCCS(=O)(=O)CCOc1ccc(CC=C(O[P+](=O)CC)C(F)(F)F)cc1. The van der Waals surface area contributed by atoms with Crippen LogP contribution >= 0.6 is 8.03 Å². The van der Waals surface area contributed by atoms with Gasteiger partial charge in [-0.1, -0.05) is 76.8 Å². The van der Waals surface area contributed by atoms with Gasteiger partial charge in [-0.25, -0.2) is 12.9 Å². The molecule has 0 radical (unpaired) electrons. The summed E-state index contributed by atoms with van der Waals surface area (Å²) in [4.78, 5) is 0. The van der Waals surface area contributed by atoms with Gasteiger partial charge in [0.15, 0.2) is 16.0 Å². The quantitative estimate of drug-likeness (QED) is 0.0925. The molecule has 1 unspecified atom stereocenters. The molecular weight excluding hydrogens is 512 g/mol. The minimum absolute atomic E-state index is 0.0102. The lowest BCUT2D eigenvalue weighted by molar-refractivity contribution is -0.115. The molecule has 0 bridgehead atoms. The van der Waals surface area contributed by atoms with Gasteiger partial charge >= 0.3 is 14.2 Å². The monoisotopic (exact) mass is 553 g/mol. The number of hydrogen-bond acceptors (Lipinski definition) is 5. The van der Waals surface area contributed by atoms with Crippen molar-refractivity contribution >= 4 is 17.9 Å². The lowest BCUT2D eigenvalue weighted by atomic mass is 10.1. The average molecular weight is 554 g/mol. The van der Waals surface area contributed by atoms with E-state index in [0.717, 1.165) is 25.3 Å². The molecule has 1 aromatic rings. The fourth-order valence-corrected chi connectivity index (χ4v) is 5.22. The predicted molar refractivity (Wildman–Crippen MR) is 140 cm³/mol. The summed E-state index contributed by atoms with van der Waals surface area (Å²) >= 11 is 0. The summed E-state index contributed by atoms with van der Waals surface area (Å²) in [6.45, 7) is 3.71. The maximum absolute atomic E-state index is 13.0. The first-order valence-electron chi connectivity index (χ1n) is 12.9. The second kappa shape index (κ2) is 17.8. The van der Waals surface area contributed by atoms with Crippen molar-refractivity contribution in [2.45, 2.75) is 90.7 Å². The third-order valence-electron chi connectivity index (χ3n) is 5.66. The maximum atomic E-state index is 13.0. The summed E-state index contributed by atoms with van der Waals surface area (Å²) in [5, 5.41) is 0. The van der Waals surface area contributed by atoms with Crippen molar-refractivity contribution in [3.05, 3.63) is 41.7 Å². The van der Waals surface area contributed by atoms with Gasteiger partial charge in [0.05, 0.1) is 11.5 Å². The van der Waals surface area contributed by atoms with Gasteiger partial charge in [-0.3, -0.25) is 0 Å². The van der Waals surface area contributed by atoms with Gasteiger partial charge in [0.25, 0.3) is 5.76 Å². The van der Waals surface area contributed by atoms with Crippen LogP contribution in [-0.4, -0.2) is 38.9 Å². The predicted octanol–water partition coefficient (Wildman–Crippen LogP) is 8.17. The number of ether oxygens (including phenoxy) is 1. The largest absolute Gasteiger partial charge is 0.555 e. The van der Waals surface area contributed by atoms with Gasteiger partial charge in [0, 0.05) is 0 Å². The highest BCUT2D eigenvalue weighted by Gasteiger charge is 2.41. The van der Waals surface area contributed by atoms with E-state index >= 15 is 0 Å². The second-order valence-electron chi connectivity index (χ2n) is 8.84. The van der Waals surface area contributed by atoms with Crippen molar-refractivity contribution in [2.75, 3.05) is 24.3 Å². The summed E-state index contributed by atoms with van der Waals surface area (Å²) in [6, 6.07) is 6.35. The van der Waals surface area contributed by atoms with Crippen LogP contribution in [0.4, 0.5) is 13.2 Å². The van der Waals surface area contributed by atoms with E-state index in [-0.39, 0.29) is 30.7 Å². The Labute approximate surface area is 215 Å². The van der Waals surface area contributed by atoms with Gasteiger partial charge in [0.2, 0.25) is 0 Å². The molecule has 1 rings (SSSR count). The van der Waals surface area contributed by atoms with E-state index in [1.807, 2.05) is 0 Å². The number of sulfone groups is 1. The van der Waals surface area contributed by atoms with Crippen LogP contribution in [-0.2, 0) is 25.3 Å². The lowest BCUT2D eigenvalue weighted by Crippen LogP contribution is -2.17. The highest BCUT2D eigenvalue weighted by atomic mass is 32.2. The Bertz CT molecular complexity index is 884. The minimum atomic E-state index is -4.72. The minimum Gasteiger partial charge on any atom is -0.493 e. The van der Waals surface area contributed by atoms with Crippen molar-refractivity contribution in [1.29, 1.82) is 0 Å². The highest BCUT2D eigenvalue weighted by molar-refractivity contribution is 7.91. The molecule has 10 heteroatoms. The fourth-order valence-electron chi connectivity index (χ4n) is 3.51. The van der Waals surface area contributed by atoms with E-state index in [0.29, 0.717) is 17.7 Å². The van der Waals surface area contributed by atoms with Crippen molar-refractivity contribution in [3.8, 4) is 5.75 Å². The molecule has 0 aromatic heterocycles. The van der Waals surface area contributed by atoms with E-state index in [4.69, 9.17) is 4.74 Å². The third kappa shape index (κ3) is 15.5. The molecule has 0 spiro atoms. The van der Waals surface area contributed by atoms with Crippen molar-refractivity contribution < 1.29 is 35.4 Å². The van der Waals surface area contributed by atoms with Gasteiger partial charge in [-0.15, -0.1) is 0 Å². The number of halogens is 3. The zero-order chi connectivity index (χ0) is 26.9. The molecule has 0 saturated carbocycles. The smallest absolute Gasteiger partial charge is 0.493 e. The molecular formula is C26H41F3O5PS+. The molecule has 0 aliphatic heterocycles. The molecule has 0 saturated heterocycles. The molecule has 1 atom stereocenters. The van der Waals surface area contributed by atoms with E-state index < -0.39 is 29.8 Å². The summed E-state index contributed by atoms with van der Waals surface area (Å²) in [7, 11) is -5.59. The number of hydrogen-bond donors (Lipinski definition) is 0. The number of alkyl halides is 3. The first-order chi connectivity index (χ1) is 17.1. The summed E-state index contributed by atoms with van der Waals surface area (Å²) in [5.74, 6) is -0.737. The van der Waals surface area contributed by atoms with Crippen LogP contribution in [0.2, 0.25) is 0 Å². The molecule has 5 nitrogen and oxygen atoms in total. The zero-order valence-electron chi connectivity index (χ0n) is 21.5. The van der Waals surface area contributed by atoms with Gasteiger partial charge in [-0.2, -0.15) is 13.2 Å². The molecule has 0 aliphatic rings. The Kier molecular flexibility index (Phi) is 16.0. The number of rotatable bonds is 20. The maximum Gasteiger partial charge on any atom is 0.555 e. The third-order valence-corrected chi connectivity index (χ3v) is 8.27. The topological polar surface area (TPSA) is 69.7 Å². The van der Waals surface area contributed by atoms with E-state index in [2.05, 4.69) is 11.4 Å². The number of benzene rings is 1. The van der Waals surface area contributed by atoms with Crippen LogP contribution in [0.25, 0.3) is 0 Å². The van der Waals surface area contributed by atoms with Gasteiger partial charge < -0.3 is 4.74 Å². The Morgan fingerprint density at radius 1 is 0.889 bits per heavy atom. The van der Waals surface area contributed by atoms with E-state index in [1.165, 1.54) is 45.4 Å². The molecule has 0 heterocycles. The molecule has 0 aliphatic carbocycles. The fraction of sp³-hybridized carbons (Fsp3) is 0.692. The lowest BCUT2D eigenvalue weighted by Gasteiger charge is -2.09. The van der Waals surface area contributed by atoms with E-state index in [9.17, 15) is 26.2 Å². The van der Waals surface area contributed by atoms with Crippen molar-refractivity contribution in [2.24, 2.45) is 0 Å². The first kappa shape index (κ1) is 32.4. The Balaban J connectivity index is 2.32.